The van der Waals surface area contributed by atoms with Gasteiger partial charge in [0, 0.05) is 24.7 Å². The second-order valence-corrected chi connectivity index (χ2v) is 4.65. The van der Waals surface area contributed by atoms with Crippen molar-refractivity contribution in [3.05, 3.63) is 47.8 Å². The maximum absolute atomic E-state index is 5.90. The highest BCUT2D eigenvalue weighted by atomic mass is 16.5. The van der Waals surface area contributed by atoms with Crippen LogP contribution < -0.4 is 10.1 Å². The Bertz CT molecular complexity index is 510. The molecule has 1 aromatic heterocycles. The fraction of sp³-hybridized carbons (Fsp3) is 0.357. The Balaban J connectivity index is 1.65. The molecule has 3 rings (SSSR count). The van der Waals surface area contributed by atoms with Crippen molar-refractivity contribution >= 4 is 0 Å². The molecule has 0 spiro atoms. The van der Waals surface area contributed by atoms with Gasteiger partial charge < -0.3 is 10.1 Å². The van der Waals surface area contributed by atoms with Crippen LogP contribution in [0.3, 0.4) is 0 Å². The van der Waals surface area contributed by atoms with Crippen molar-refractivity contribution in [1.29, 1.82) is 0 Å². The van der Waals surface area contributed by atoms with E-state index in [1.807, 2.05) is 30.1 Å². The number of rotatable bonds is 4. The number of nitrogens with one attached hydrogen (secondary N) is 1. The molecule has 1 aromatic carbocycles. The summed E-state index contributed by atoms with van der Waals surface area (Å²) in [6.07, 6.45) is 5.14. The van der Waals surface area contributed by atoms with Crippen molar-refractivity contribution < 1.29 is 4.74 Å². The van der Waals surface area contributed by atoms with Gasteiger partial charge in [-0.25, -0.2) is 0 Å². The first-order valence-electron chi connectivity index (χ1n) is 6.25. The van der Waals surface area contributed by atoms with E-state index in [0.29, 0.717) is 0 Å². The van der Waals surface area contributed by atoms with Crippen LogP contribution in [0.4, 0.5) is 0 Å². The van der Waals surface area contributed by atoms with Crippen LogP contribution in [0.2, 0.25) is 0 Å². The van der Waals surface area contributed by atoms with Crippen molar-refractivity contribution in [3.8, 4) is 5.75 Å². The molecule has 1 atom stereocenters. The maximum Gasteiger partial charge on any atom is 0.123 e. The molecular formula is C14H17N3O. The summed E-state index contributed by atoms with van der Waals surface area (Å²) in [5.74, 6) is 1.02. The fourth-order valence-corrected chi connectivity index (χ4v) is 2.37. The first-order chi connectivity index (χ1) is 8.85. The average Bonchev–Trinajstić information content (AvgIpc) is 2.96. The third-order valence-corrected chi connectivity index (χ3v) is 3.17. The summed E-state index contributed by atoms with van der Waals surface area (Å²) in [5, 5.41) is 7.48. The smallest absolute Gasteiger partial charge is 0.123 e. The molecule has 94 valence electrons. The molecule has 0 amide bonds. The lowest BCUT2D eigenvalue weighted by molar-refractivity contribution is 0.203. The second-order valence-electron chi connectivity index (χ2n) is 4.65. The summed E-state index contributed by atoms with van der Waals surface area (Å²) >= 11 is 0. The summed E-state index contributed by atoms with van der Waals surface area (Å²) in [6, 6.07) is 8.24. The van der Waals surface area contributed by atoms with E-state index in [9.17, 15) is 0 Å². The molecule has 0 saturated heterocycles. The zero-order valence-corrected chi connectivity index (χ0v) is 10.5. The van der Waals surface area contributed by atoms with Crippen molar-refractivity contribution in [3.63, 3.8) is 0 Å². The van der Waals surface area contributed by atoms with Crippen LogP contribution in [0, 0.1) is 0 Å². The SMILES string of the molecule is CNCc1cnn(CC2Cc3ccccc3O2)c1. The number of ether oxygens (including phenoxy) is 1. The number of hydrogen-bond acceptors (Lipinski definition) is 3. The predicted molar refractivity (Wildman–Crippen MR) is 69.6 cm³/mol. The highest BCUT2D eigenvalue weighted by Gasteiger charge is 2.22. The van der Waals surface area contributed by atoms with E-state index in [1.165, 1.54) is 11.1 Å². The Hall–Kier alpha value is -1.81. The normalized spacial score (nSPS) is 17.5. The summed E-state index contributed by atoms with van der Waals surface area (Å²) in [7, 11) is 1.94. The average molecular weight is 243 g/mol. The Kier molecular flexibility index (Phi) is 3.02. The molecule has 1 aliphatic heterocycles. The molecule has 0 radical (unpaired) electrons. The van der Waals surface area contributed by atoms with Gasteiger partial charge in [0.05, 0.1) is 12.7 Å². The van der Waals surface area contributed by atoms with Crippen LogP contribution in [0.15, 0.2) is 36.7 Å². The molecule has 2 heterocycles. The standard InChI is InChI=1S/C14H17N3O/c1-15-7-11-8-16-17(9-11)10-13-6-12-4-2-3-5-14(12)18-13/h2-5,8-9,13,15H,6-7,10H2,1H3. The van der Waals surface area contributed by atoms with E-state index in [1.54, 1.807) is 0 Å². The van der Waals surface area contributed by atoms with Gasteiger partial charge in [0.1, 0.15) is 11.9 Å². The predicted octanol–water partition coefficient (Wildman–Crippen LogP) is 1.61. The van der Waals surface area contributed by atoms with Crippen molar-refractivity contribution in [1.82, 2.24) is 15.1 Å². The van der Waals surface area contributed by atoms with E-state index < -0.39 is 0 Å². The Morgan fingerprint density at radius 3 is 3.17 bits per heavy atom. The minimum atomic E-state index is 0.199. The van der Waals surface area contributed by atoms with Gasteiger partial charge in [-0.15, -0.1) is 0 Å². The first kappa shape index (κ1) is 11.3. The molecule has 4 heteroatoms. The monoisotopic (exact) mass is 243 g/mol. The molecular weight excluding hydrogens is 226 g/mol. The highest BCUT2D eigenvalue weighted by Crippen LogP contribution is 2.28. The third kappa shape index (κ3) is 2.24. The van der Waals surface area contributed by atoms with Gasteiger partial charge in [-0.05, 0) is 18.7 Å². The van der Waals surface area contributed by atoms with Crippen LogP contribution >= 0.6 is 0 Å². The number of para-hydroxylation sites is 1. The van der Waals surface area contributed by atoms with Gasteiger partial charge in [-0.1, -0.05) is 18.2 Å². The lowest BCUT2D eigenvalue weighted by Crippen LogP contribution is -2.21. The Morgan fingerprint density at radius 2 is 2.33 bits per heavy atom. The van der Waals surface area contributed by atoms with Gasteiger partial charge >= 0.3 is 0 Å². The molecule has 4 nitrogen and oxygen atoms in total. The number of aromatic nitrogens is 2. The van der Waals surface area contributed by atoms with Crippen LogP contribution in [-0.4, -0.2) is 22.9 Å². The Labute approximate surface area is 107 Å². The summed E-state index contributed by atoms with van der Waals surface area (Å²) in [6.45, 7) is 1.66. The van der Waals surface area contributed by atoms with Crippen molar-refractivity contribution in [2.24, 2.45) is 0 Å². The van der Waals surface area contributed by atoms with Gasteiger partial charge in [-0.3, -0.25) is 4.68 Å². The largest absolute Gasteiger partial charge is 0.488 e. The number of nitrogens with zero attached hydrogens (tertiary/aromatic N) is 2. The van der Waals surface area contributed by atoms with E-state index in [4.69, 9.17) is 4.74 Å². The van der Waals surface area contributed by atoms with Crippen molar-refractivity contribution in [2.75, 3.05) is 7.05 Å². The van der Waals surface area contributed by atoms with Crippen molar-refractivity contribution in [2.45, 2.75) is 25.6 Å². The molecule has 1 unspecified atom stereocenters. The fourth-order valence-electron chi connectivity index (χ4n) is 2.37. The molecule has 0 fully saturated rings. The first-order valence-corrected chi connectivity index (χ1v) is 6.25. The zero-order chi connectivity index (χ0) is 12.4. The van der Waals surface area contributed by atoms with Gasteiger partial charge in [-0.2, -0.15) is 5.10 Å². The lowest BCUT2D eigenvalue weighted by Gasteiger charge is -2.10. The number of fused-ring (bicyclic) bond motifs is 1. The molecule has 1 N–H and O–H groups in total. The van der Waals surface area contributed by atoms with E-state index >= 15 is 0 Å². The summed E-state index contributed by atoms with van der Waals surface area (Å²) < 4.78 is 7.87. The van der Waals surface area contributed by atoms with E-state index in [0.717, 1.165) is 25.3 Å². The maximum atomic E-state index is 5.90. The molecule has 0 saturated carbocycles. The van der Waals surface area contributed by atoms with Gasteiger partial charge in [0.2, 0.25) is 0 Å². The lowest BCUT2D eigenvalue weighted by atomic mass is 10.1. The van der Waals surface area contributed by atoms with Crippen LogP contribution in [0.5, 0.6) is 5.75 Å². The minimum absolute atomic E-state index is 0.199. The second kappa shape index (κ2) is 4.82. The minimum Gasteiger partial charge on any atom is -0.488 e. The van der Waals surface area contributed by atoms with E-state index in [2.05, 4.69) is 28.7 Å². The van der Waals surface area contributed by atoms with Crippen LogP contribution in [0.1, 0.15) is 11.1 Å². The quantitative estimate of drug-likeness (QED) is 0.886. The molecule has 0 aliphatic carbocycles. The van der Waals surface area contributed by atoms with Gasteiger partial charge in [0.15, 0.2) is 0 Å². The van der Waals surface area contributed by atoms with Gasteiger partial charge in [0.25, 0.3) is 0 Å². The van der Waals surface area contributed by atoms with Crippen LogP contribution in [-0.2, 0) is 19.5 Å². The highest BCUT2D eigenvalue weighted by molar-refractivity contribution is 5.37. The zero-order valence-electron chi connectivity index (χ0n) is 10.5. The molecule has 2 aromatic rings. The molecule has 0 bridgehead atoms. The summed E-state index contributed by atoms with van der Waals surface area (Å²) in [5.41, 5.74) is 2.50. The third-order valence-electron chi connectivity index (χ3n) is 3.17. The molecule has 18 heavy (non-hydrogen) atoms. The number of hydrogen-bond donors (Lipinski definition) is 1. The number of benzene rings is 1. The van der Waals surface area contributed by atoms with E-state index in [-0.39, 0.29) is 6.10 Å². The topological polar surface area (TPSA) is 39.1 Å². The van der Waals surface area contributed by atoms with Crippen LogP contribution in [0.25, 0.3) is 0 Å². The molecule has 1 aliphatic rings. The Morgan fingerprint density at radius 1 is 1.44 bits per heavy atom. The summed E-state index contributed by atoms with van der Waals surface area (Å²) in [4.78, 5) is 0.